The highest BCUT2D eigenvalue weighted by Gasteiger charge is 2.36. The van der Waals surface area contributed by atoms with E-state index in [0.717, 1.165) is 23.3 Å². The van der Waals surface area contributed by atoms with Crippen molar-refractivity contribution in [1.29, 1.82) is 0 Å². The third-order valence-corrected chi connectivity index (χ3v) is 6.89. The molecule has 2 aromatic carbocycles. The molecule has 0 aliphatic heterocycles. The van der Waals surface area contributed by atoms with Crippen LogP contribution in [0.15, 0.2) is 42.5 Å². The van der Waals surface area contributed by atoms with Gasteiger partial charge in [0, 0.05) is 13.1 Å². The van der Waals surface area contributed by atoms with Gasteiger partial charge in [-0.1, -0.05) is 37.6 Å². The standard InChI is InChI=1S/C24H28ClF4N3O4S/c1-4-12-30-23(34)21(5-2)31(14-16-6-8-17(26)9-7-16)22(33)15-32(37(3,35)36)18-10-11-20(25)19(13-18)24(27,28)29/h6-11,13,21H,4-5,12,14-15H2,1-3H3,(H,30,34)/t21-/m1/s1. The SMILES string of the molecule is CCCNC(=O)[C@@H](CC)N(Cc1ccc(F)cc1)C(=O)CN(c1ccc(Cl)c(C(F)(F)F)c1)S(C)(=O)=O. The van der Waals surface area contributed by atoms with E-state index in [1.54, 1.807) is 6.92 Å². The Kier molecular flexibility index (Phi) is 10.3. The molecule has 7 nitrogen and oxygen atoms in total. The molecule has 0 aromatic heterocycles. The molecule has 1 atom stereocenters. The lowest BCUT2D eigenvalue weighted by Gasteiger charge is -2.33. The van der Waals surface area contributed by atoms with Crippen LogP contribution in [0.5, 0.6) is 0 Å². The average Bonchev–Trinajstić information content (AvgIpc) is 2.81. The first-order chi connectivity index (χ1) is 17.2. The second kappa shape index (κ2) is 12.6. The van der Waals surface area contributed by atoms with Crippen LogP contribution in [-0.2, 0) is 32.3 Å². The molecule has 0 fully saturated rings. The monoisotopic (exact) mass is 565 g/mol. The number of carbonyl (C=O) groups excluding carboxylic acids is 2. The Balaban J connectivity index is 2.50. The third-order valence-electron chi connectivity index (χ3n) is 5.42. The van der Waals surface area contributed by atoms with Crippen molar-refractivity contribution >= 4 is 39.1 Å². The van der Waals surface area contributed by atoms with Crippen molar-refractivity contribution in [2.24, 2.45) is 0 Å². The van der Waals surface area contributed by atoms with Gasteiger partial charge in [-0.15, -0.1) is 0 Å². The Morgan fingerprint density at radius 1 is 1.08 bits per heavy atom. The van der Waals surface area contributed by atoms with Crippen molar-refractivity contribution in [2.45, 2.75) is 45.5 Å². The second-order valence-electron chi connectivity index (χ2n) is 8.29. The van der Waals surface area contributed by atoms with Crippen molar-refractivity contribution in [3.8, 4) is 0 Å². The number of anilines is 1. The molecule has 0 radical (unpaired) electrons. The Hall–Kier alpha value is -2.86. The fraction of sp³-hybridized carbons (Fsp3) is 0.417. The molecule has 0 bridgehead atoms. The van der Waals surface area contributed by atoms with Gasteiger partial charge in [-0.05, 0) is 48.7 Å². The van der Waals surface area contributed by atoms with Gasteiger partial charge in [0.1, 0.15) is 18.4 Å². The summed E-state index contributed by atoms with van der Waals surface area (Å²) in [5.41, 5.74) is -1.22. The quantitative estimate of drug-likeness (QED) is 0.404. The third kappa shape index (κ3) is 8.32. The highest BCUT2D eigenvalue weighted by atomic mass is 35.5. The molecule has 0 saturated heterocycles. The minimum Gasteiger partial charge on any atom is -0.354 e. The molecule has 2 amide bonds. The Bertz CT molecular complexity index is 1210. The predicted molar refractivity (Wildman–Crippen MR) is 133 cm³/mol. The van der Waals surface area contributed by atoms with Crippen LogP contribution >= 0.6 is 11.6 Å². The highest BCUT2D eigenvalue weighted by Crippen LogP contribution is 2.37. The summed E-state index contributed by atoms with van der Waals surface area (Å²) in [5.74, 6) is -1.82. The number of halogens is 5. The summed E-state index contributed by atoms with van der Waals surface area (Å²) in [6, 6.07) is 6.65. The molecular formula is C24H28ClF4N3O4S. The lowest BCUT2D eigenvalue weighted by atomic mass is 10.1. The number of alkyl halides is 3. The zero-order chi connectivity index (χ0) is 28.0. The molecule has 204 valence electrons. The molecule has 13 heteroatoms. The van der Waals surface area contributed by atoms with Crippen molar-refractivity contribution in [3.05, 3.63) is 64.4 Å². The first-order valence-electron chi connectivity index (χ1n) is 11.3. The maximum atomic E-state index is 13.5. The number of benzene rings is 2. The predicted octanol–water partition coefficient (Wildman–Crippen LogP) is 4.60. The molecule has 2 rings (SSSR count). The smallest absolute Gasteiger partial charge is 0.354 e. The van der Waals surface area contributed by atoms with E-state index < -0.39 is 62.7 Å². The fourth-order valence-corrected chi connectivity index (χ4v) is 4.64. The van der Waals surface area contributed by atoms with Crippen LogP contribution in [0.2, 0.25) is 5.02 Å². The average molecular weight is 566 g/mol. The van der Waals surface area contributed by atoms with E-state index in [0.29, 0.717) is 28.9 Å². The van der Waals surface area contributed by atoms with Gasteiger partial charge < -0.3 is 10.2 Å². The van der Waals surface area contributed by atoms with E-state index in [9.17, 15) is 35.6 Å². The van der Waals surface area contributed by atoms with Gasteiger partial charge in [-0.25, -0.2) is 12.8 Å². The zero-order valence-corrected chi connectivity index (χ0v) is 22.1. The number of hydrogen-bond donors (Lipinski definition) is 1. The summed E-state index contributed by atoms with van der Waals surface area (Å²) in [7, 11) is -4.24. The van der Waals surface area contributed by atoms with Gasteiger partial charge in [0.15, 0.2) is 0 Å². The second-order valence-corrected chi connectivity index (χ2v) is 10.6. The van der Waals surface area contributed by atoms with Crippen LogP contribution in [-0.4, -0.2) is 50.5 Å². The minimum atomic E-state index is -4.86. The zero-order valence-electron chi connectivity index (χ0n) is 20.5. The number of amides is 2. The van der Waals surface area contributed by atoms with Gasteiger partial charge in [-0.2, -0.15) is 13.2 Å². The summed E-state index contributed by atoms with van der Waals surface area (Å²) in [6.45, 7) is 2.80. The van der Waals surface area contributed by atoms with Gasteiger partial charge in [-0.3, -0.25) is 13.9 Å². The largest absolute Gasteiger partial charge is 0.417 e. The molecule has 0 saturated carbocycles. The van der Waals surface area contributed by atoms with Crippen molar-refractivity contribution in [1.82, 2.24) is 10.2 Å². The summed E-state index contributed by atoms with van der Waals surface area (Å²) in [5, 5.41) is 2.06. The molecule has 0 aliphatic rings. The molecule has 0 unspecified atom stereocenters. The molecule has 0 heterocycles. The van der Waals surface area contributed by atoms with Gasteiger partial charge >= 0.3 is 6.18 Å². The Labute approximate surface area is 218 Å². The molecule has 37 heavy (non-hydrogen) atoms. The van der Waals surface area contributed by atoms with E-state index in [4.69, 9.17) is 11.6 Å². The molecule has 0 aliphatic carbocycles. The van der Waals surface area contributed by atoms with Crippen molar-refractivity contribution < 1.29 is 35.6 Å². The number of rotatable bonds is 11. The maximum Gasteiger partial charge on any atom is 0.417 e. The van der Waals surface area contributed by atoms with Gasteiger partial charge in [0.25, 0.3) is 0 Å². The maximum absolute atomic E-state index is 13.5. The number of nitrogens with zero attached hydrogens (tertiary/aromatic N) is 2. The van der Waals surface area contributed by atoms with Crippen molar-refractivity contribution in [2.75, 3.05) is 23.7 Å². The fourth-order valence-electron chi connectivity index (χ4n) is 3.57. The topological polar surface area (TPSA) is 86.8 Å². The van der Waals surface area contributed by atoms with Gasteiger partial charge in [0.2, 0.25) is 21.8 Å². The van der Waals surface area contributed by atoms with E-state index >= 15 is 0 Å². The highest BCUT2D eigenvalue weighted by molar-refractivity contribution is 7.92. The van der Waals surface area contributed by atoms with E-state index in [1.807, 2.05) is 6.92 Å². The van der Waals surface area contributed by atoms with Crippen molar-refractivity contribution in [3.63, 3.8) is 0 Å². The summed E-state index contributed by atoms with van der Waals surface area (Å²) < 4.78 is 79.2. The molecule has 1 N–H and O–H groups in total. The van der Waals surface area contributed by atoms with Crippen LogP contribution < -0.4 is 9.62 Å². The number of carbonyl (C=O) groups is 2. The Morgan fingerprint density at radius 2 is 1.70 bits per heavy atom. The summed E-state index contributed by atoms with van der Waals surface area (Å²) >= 11 is 5.66. The van der Waals surface area contributed by atoms with Crippen LogP contribution in [0.25, 0.3) is 0 Å². The number of nitrogens with one attached hydrogen (secondary N) is 1. The normalized spacial score (nSPS) is 12.6. The first-order valence-corrected chi connectivity index (χ1v) is 13.6. The minimum absolute atomic E-state index is 0.164. The van der Waals surface area contributed by atoms with Gasteiger partial charge in [0.05, 0.1) is 22.5 Å². The summed E-state index contributed by atoms with van der Waals surface area (Å²) in [6.07, 6.45) is -3.31. The lowest BCUT2D eigenvalue weighted by molar-refractivity contribution is -0.140. The van der Waals surface area contributed by atoms with Crippen LogP contribution in [0.3, 0.4) is 0 Å². The molecular weight excluding hydrogens is 538 g/mol. The van der Waals surface area contributed by atoms with E-state index in [1.165, 1.54) is 24.3 Å². The first kappa shape index (κ1) is 30.4. The van der Waals surface area contributed by atoms with Crippen LogP contribution in [0.4, 0.5) is 23.2 Å². The van der Waals surface area contributed by atoms with Crippen LogP contribution in [0, 0.1) is 5.82 Å². The van der Waals surface area contributed by atoms with E-state index in [2.05, 4.69) is 5.32 Å². The number of hydrogen-bond acceptors (Lipinski definition) is 4. The van der Waals surface area contributed by atoms with Crippen LogP contribution in [0.1, 0.15) is 37.8 Å². The number of sulfonamides is 1. The Morgan fingerprint density at radius 3 is 2.22 bits per heavy atom. The molecule has 0 spiro atoms. The van der Waals surface area contributed by atoms with E-state index in [-0.39, 0.29) is 13.0 Å². The lowest BCUT2D eigenvalue weighted by Crippen LogP contribution is -2.52. The molecule has 2 aromatic rings. The summed E-state index contributed by atoms with van der Waals surface area (Å²) in [4.78, 5) is 27.5.